The van der Waals surface area contributed by atoms with Gasteiger partial charge in [0.15, 0.2) is 0 Å². The average molecular weight is 718 g/mol. The molecular formula is C38H44F5N3O5. The van der Waals surface area contributed by atoms with Crippen molar-refractivity contribution in [2.75, 3.05) is 33.0 Å². The number of hydrogen-bond acceptors (Lipinski definition) is 6. The molecule has 0 saturated carbocycles. The summed E-state index contributed by atoms with van der Waals surface area (Å²) in [7, 11) is 3.40. The maximum Gasteiger partial charge on any atom is 0.389 e. The largest absolute Gasteiger partial charge is 0.496 e. The Morgan fingerprint density at radius 1 is 0.882 bits per heavy atom. The second-order valence-electron chi connectivity index (χ2n) is 12.0. The van der Waals surface area contributed by atoms with Crippen LogP contribution >= 0.6 is 0 Å². The molecule has 0 aliphatic carbocycles. The summed E-state index contributed by atoms with van der Waals surface area (Å²) >= 11 is 0. The zero-order valence-electron chi connectivity index (χ0n) is 28.9. The van der Waals surface area contributed by atoms with Crippen molar-refractivity contribution in [2.24, 2.45) is 5.73 Å². The van der Waals surface area contributed by atoms with Gasteiger partial charge in [0, 0.05) is 25.1 Å². The maximum absolute atomic E-state index is 12.7. The van der Waals surface area contributed by atoms with Crippen LogP contribution in [0, 0.1) is 11.6 Å². The Kier molecular flexibility index (Phi) is 15.0. The van der Waals surface area contributed by atoms with Crippen LogP contribution in [0.15, 0.2) is 60.7 Å². The van der Waals surface area contributed by atoms with E-state index in [1.54, 1.807) is 14.2 Å². The number of amides is 1. The molecule has 0 unspecified atom stereocenters. The quantitative estimate of drug-likeness (QED) is 0.111. The van der Waals surface area contributed by atoms with Gasteiger partial charge in [0.1, 0.15) is 28.7 Å². The summed E-state index contributed by atoms with van der Waals surface area (Å²) in [5.41, 5.74) is 13.1. The summed E-state index contributed by atoms with van der Waals surface area (Å²) in [4.78, 5) is 24.0. The van der Waals surface area contributed by atoms with Gasteiger partial charge in [-0.1, -0.05) is 49.7 Å². The van der Waals surface area contributed by atoms with E-state index >= 15 is 0 Å². The van der Waals surface area contributed by atoms with Crippen LogP contribution in [0.4, 0.5) is 27.6 Å². The molecule has 0 spiro atoms. The van der Waals surface area contributed by atoms with Crippen molar-refractivity contribution in [1.82, 2.24) is 4.90 Å². The highest BCUT2D eigenvalue weighted by atomic mass is 19.4. The van der Waals surface area contributed by atoms with Crippen LogP contribution in [0.5, 0.6) is 11.5 Å². The summed E-state index contributed by atoms with van der Waals surface area (Å²) in [5.74, 6) is -2.43. The average Bonchev–Trinajstić information content (AvgIpc) is 3.06. The molecule has 5 rings (SSSR count). The molecule has 13 heteroatoms. The van der Waals surface area contributed by atoms with Crippen LogP contribution in [-0.4, -0.2) is 55.4 Å². The number of hydrogen-bond donors (Lipinski definition) is 3. The third-order valence-electron chi connectivity index (χ3n) is 8.15. The van der Waals surface area contributed by atoms with Crippen molar-refractivity contribution in [3.05, 3.63) is 89.0 Å². The van der Waals surface area contributed by atoms with Crippen molar-refractivity contribution in [1.29, 1.82) is 0 Å². The second-order valence-corrected chi connectivity index (χ2v) is 12.0. The van der Waals surface area contributed by atoms with Crippen molar-refractivity contribution in [3.63, 3.8) is 0 Å². The van der Waals surface area contributed by atoms with Gasteiger partial charge >= 0.3 is 12.1 Å². The number of ether oxygens (including phenoxy) is 2. The number of nitrogens with two attached hydrogens (primary N) is 2. The van der Waals surface area contributed by atoms with Gasteiger partial charge in [-0.3, -0.25) is 14.5 Å². The monoisotopic (exact) mass is 717 g/mol. The van der Waals surface area contributed by atoms with Crippen LogP contribution in [0.25, 0.3) is 21.9 Å². The number of aryl methyl sites for hydroxylation is 1. The highest BCUT2D eigenvalue weighted by Crippen LogP contribution is 2.43. The van der Waals surface area contributed by atoms with Crippen molar-refractivity contribution < 1.29 is 46.1 Å². The molecule has 4 aromatic rings. The molecular weight excluding hydrogens is 673 g/mol. The molecule has 5 N–H and O–H groups in total. The summed E-state index contributed by atoms with van der Waals surface area (Å²) in [6, 6.07) is 18.1. The summed E-state index contributed by atoms with van der Waals surface area (Å²) < 4.78 is 70.4. The van der Waals surface area contributed by atoms with E-state index in [1.807, 2.05) is 18.2 Å². The maximum atomic E-state index is 12.7. The van der Waals surface area contributed by atoms with E-state index in [-0.39, 0.29) is 18.5 Å². The Balaban J connectivity index is 0.000000303. The minimum absolute atomic E-state index is 0.0880. The topological polar surface area (TPSA) is 128 Å². The Hall–Kier alpha value is -4.91. The van der Waals surface area contributed by atoms with E-state index in [4.69, 9.17) is 26.0 Å². The number of halogens is 5. The number of anilines is 1. The van der Waals surface area contributed by atoms with Crippen LogP contribution < -0.4 is 20.9 Å². The lowest BCUT2D eigenvalue weighted by atomic mass is 9.92. The van der Waals surface area contributed by atoms with Gasteiger partial charge in [0.2, 0.25) is 0 Å². The number of fused-ring (bicyclic) bond motifs is 1. The lowest BCUT2D eigenvalue weighted by Gasteiger charge is -2.27. The zero-order chi connectivity index (χ0) is 37.7. The van der Waals surface area contributed by atoms with Gasteiger partial charge in [0.05, 0.1) is 19.8 Å². The summed E-state index contributed by atoms with van der Waals surface area (Å²) in [6.07, 6.45) is 0.0162. The Bertz CT molecular complexity index is 1740. The Morgan fingerprint density at radius 3 is 1.94 bits per heavy atom. The van der Waals surface area contributed by atoms with E-state index in [0.29, 0.717) is 6.42 Å². The first-order valence-corrected chi connectivity index (χ1v) is 16.5. The first kappa shape index (κ1) is 40.5. The molecule has 0 radical (unpaired) electrons. The van der Waals surface area contributed by atoms with Gasteiger partial charge in [0.25, 0.3) is 5.91 Å². The first-order valence-electron chi connectivity index (χ1n) is 16.5. The number of carboxylic acid groups (broad SMARTS) is 1. The smallest absolute Gasteiger partial charge is 0.389 e. The van der Waals surface area contributed by atoms with E-state index in [0.717, 1.165) is 70.7 Å². The fraction of sp³-hybridized carbons (Fsp3) is 0.368. The van der Waals surface area contributed by atoms with Gasteiger partial charge in [-0.2, -0.15) is 13.2 Å². The van der Waals surface area contributed by atoms with Crippen LogP contribution in [0.1, 0.15) is 66.9 Å². The number of nitrogen functional groups attached to an aromatic ring is 1. The predicted octanol–water partition coefficient (Wildman–Crippen LogP) is 8.52. The molecule has 276 valence electrons. The minimum Gasteiger partial charge on any atom is -0.496 e. The lowest BCUT2D eigenvalue weighted by Crippen LogP contribution is -2.29. The van der Waals surface area contributed by atoms with E-state index in [1.165, 1.54) is 31.7 Å². The van der Waals surface area contributed by atoms with E-state index < -0.39 is 41.7 Å². The van der Waals surface area contributed by atoms with E-state index in [2.05, 4.69) is 35.2 Å². The molecule has 0 bridgehead atoms. The molecule has 1 amide bonds. The molecule has 0 atom stereocenters. The van der Waals surface area contributed by atoms with Gasteiger partial charge in [-0.15, -0.1) is 0 Å². The molecule has 1 aliphatic rings. The van der Waals surface area contributed by atoms with Gasteiger partial charge in [-0.25, -0.2) is 8.78 Å². The lowest BCUT2D eigenvalue weighted by molar-refractivity contribution is -0.137. The SMILES string of the molecule is CCCC(F)(F)F.COc1cc(CN2CCCCC2)cc(OC)c1-c1cccc2c(CCC(=O)O)cccc12.NC(=O)c1c(F)cc(N)cc1F. The van der Waals surface area contributed by atoms with Crippen LogP contribution in [-0.2, 0) is 17.8 Å². The number of carboxylic acids is 1. The molecule has 4 aromatic carbocycles. The molecule has 1 fully saturated rings. The number of rotatable bonds is 10. The third kappa shape index (κ3) is 11.8. The van der Waals surface area contributed by atoms with Crippen molar-refractivity contribution in [3.8, 4) is 22.6 Å². The fourth-order valence-corrected chi connectivity index (χ4v) is 5.86. The number of nitrogens with zero attached hydrogens (tertiary/aromatic N) is 1. The molecule has 51 heavy (non-hydrogen) atoms. The summed E-state index contributed by atoms with van der Waals surface area (Å²) in [6.45, 7) is 4.67. The molecule has 0 aromatic heterocycles. The molecule has 1 saturated heterocycles. The van der Waals surface area contributed by atoms with E-state index in [9.17, 15) is 31.5 Å². The highest BCUT2D eigenvalue weighted by molar-refractivity contribution is 6.01. The Morgan fingerprint density at radius 2 is 1.45 bits per heavy atom. The zero-order valence-corrected chi connectivity index (χ0v) is 28.9. The summed E-state index contributed by atoms with van der Waals surface area (Å²) in [5, 5.41) is 11.3. The normalized spacial score (nSPS) is 13.0. The number of aliphatic carboxylic acids is 1. The van der Waals surface area contributed by atoms with Crippen molar-refractivity contribution >= 4 is 28.3 Å². The highest BCUT2D eigenvalue weighted by Gasteiger charge is 2.24. The van der Waals surface area contributed by atoms with Gasteiger partial charge < -0.3 is 26.0 Å². The number of primary amides is 1. The number of piperidine rings is 1. The van der Waals surface area contributed by atoms with Crippen molar-refractivity contribution in [2.45, 2.75) is 64.6 Å². The minimum atomic E-state index is -3.95. The number of carbonyl (C=O) groups excluding carboxylic acids is 1. The molecule has 1 aliphatic heterocycles. The third-order valence-corrected chi connectivity index (χ3v) is 8.15. The molecule has 8 nitrogen and oxygen atoms in total. The number of alkyl halides is 3. The fourth-order valence-electron chi connectivity index (χ4n) is 5.86. The number of benzene rings is 4. The second kappa shape index (κ2) is 18.9. The number of likely N-dealkylation sites (tertiary alicyclic amines) is 1. The first-order chi connectivity index (χ1) is 24.2. The van der Waals surface area contributed by atoms with Gasteiger partial charge in [-0.05, 0) is 90.5 Å². The molecule has 1 heterocycles. The Labute approximate surface area is 294 Å². The van der Waals surface area contributed by atoms with Crippen LogP contribution in [0.3, 0.4) is 0 Å². The predicted molar refractivity (Wildman–Crippen MR) is 188 cm³/mol. The van der Waals surface area contributed by atoms with Crippen LogP contribution in [0.2, 0.25) is 0 Å². The standard InChI is InChI=1S/C27H31NO4.C7H6F2N2O.C4H7F3/c1-31-24-16-19(18-28-14-4-3-5-15-28)17-25(32-2)27(24)23-11-7-9-21-20(12-13-26(29)30)8-6-10-22(21)23;8-4-1-3(10)2-5(9)6(4)7(11)12;1-2-3-4(5,6)7/h6-11,16-17H,3-5,12-15,18H2,1-2H3,(H,29,30);1-2H,10H2,(H2,11,12);2-3H2,1H3. The number of carbonyl (C=O) groups is 2. The number of methoxy groups -OCH3 is 2.